The lowest BCUT2D eigenvalue weighted by molar-refractivity contribution is -0.941. The molecule has 0 spiro atoms. The predicted molar refractivity (Wildman–Crippen MR) is 101 cm³/mol. The molecular formula is C19H27N4O2S+. The summed E-state index contributed by atoms with van der Waals surface area (Å²) in [5.74, 6) is 3.55. The first-order chi connectivity index (χ1) is 12.6. The minimum absolute atomic E-state index is 0.369. The standard InChI is InChI=1S/C19H26N4O2S/c1-21-18(13-6-7-13)20-23(19(21)26)12-22-10-4-5-16(22)15-11-14(24-2)8-9-17(15)25-3/h8-9,11,13,16H,4-7,10,12H2,1-3H3/p+1/t16-/m1/s1. The molecule has 2 fully saturated rings. The monoisotopic (exact) mass is 375 g/mol. The van der Waals surface area contributed by atoms with Crippen LogP contribution in [0.25, 0.3) is 0 Å². The minimum Gasteiger partial charge on any atom is -0.497 e. The number of hydrogen-bond acceptors (Lipinski definition) is 4. The van der Waals surface area contributed by atoms with Crippen LogP contribution in [0.3, 0.4) is 0 Å². The van der Waals surface area contributed by atoms with Gasteiger partial charge in [0, 0.05) is 25.8 Å². The molecule has 1 unspecified atom stereocenters. The van der Waals surface area contributed by atoms with E-state index < -0.39 is 0 Å². The zero-order valence-corrected chi connectivity index (χ0v) is 16.5. The molecule has 0 radical (unpaired) electrons. The second-order valence-electron chi connectivity index (χ2n) is 7.34. The van der Waals surface area contributed by atoms with Crippen LogP contribution in [0.1, 0.15) is 49.0 Å². The fraction of sp³-hybridized carbons (Fsp3) is 0.579. The van der Waals surface area contributed by atoms with Crippen LogP contribution < -0.4 is 14.4 Å². The van der Waals surface area contributed by atoms with E-state index in [1.54, 1.807) is 14.2 Å². The van der Waals surface area contributed by atoms with E-state index >= 15 is 0 Å². The molecule has 2 aliphatic rings. The molecule has 1 aromatic heterocycles. The molecular weight excluding hydrogens is 348 g/mol. The van der Waals surface area contributed by atoms with Gasteiger partial charge in [-0.3, -0.25) is 0 Å². The molecule has 1 aromatic carbocycles. The van der Waals surface area contributed by atoms with Gasteiger partial charge in [-0.25, -0.2) is 0 Å². The second-order valence-corrected chi connectivity index (χ2v) is 7.71. The zero-order valence-electron chi connectivity index (χ0n) is 15.7. The maximum atomic E-state index is 5.64. The molecule has 2 aromatic rings. The quantitative estimate of drug-likeness (QED) is 0.787. The van der Waals surface area contributed by atoms with Crippen molar-refractivity contribution in [2.24, 2.45) is 7.05 Å². The number of ether oxygens (including phenoxy) is 2. The van der Waals surface area contributed by atoms with Crippen molar-refractivity contribution in [2.75, 3.05) is 20.8 Å². The third-order valence-corrected chi connectivity index (χ3v) is 6.15. The normalized spacial score (nSPS) is 22.6. The highest BCUT2D eigenvalue weighted by Gasteiger charge is 2.34. The molecule has 1 N–H and O–H groups in total. The van der Waals surface area contributed by atoms with Crippen LogP contribution >= 0.6 is 12.2 Å². The third kappa shape index (κ3) is 3.14. The van der Waals surface area contributed by atoms with Gasteiger partial charge in [0.2, 0.25) is 4.77 Å². The molecule has 1 saturated heterocycles. The summed E-state index contributed by atoms with van der Waals surface area (Å²) < 4.78 is 16.0. The zero-order chi connectivity index (χ0) is 18.3. The molecule has 0 amide bonds. The number of nitrogens with zero attached hydrogens (tertiary/aromatic N) is 3. The SMILES string of the molecule is COc1ccc(OC)c([C@H]2CCC[NH+]2Cn2nc(C3CC3)n(C)c2=S)c1. The van der Waals surface area contributed by atoms with Crippen LogP contribution in [-0.4, -0.2) is 35.1 Å². The summed E-state index contributed by atoms with van der Waals surface area (Å²) in [6, 6.07) is 6.44. The molecule has 6 nitrogen and oxygen atoms in total. The van der Waals surface area contributed by atoms with E-state index in [0.717, 1.165) is 41.7 Å². The Labute approximate surface area is 159 Å². The van der Waals surface area contributed by atoms with Crippen molar-refractivity contribution in [3.63, 3.8) is 0 Å². The second kappa shape index (κ2) is 7.04. The van der Waals surface area contributed by atoms with Gasteiger partial charge in [-0.05, 0) is 43.3 Å². The summed E-state index contributed by atoms with van der Waals surface area (Å²) in [4.78, 5) is 1.48. The molecule has 1 aliphatic heterocycles. The molecule has 26 heavy (non-hydrogen) atoms. The molecule has 7 heteroatoms. The van der Waals surface area contributed by atoms with E-state index in [2.05, 4.69) is 10.6 Å². The number of nitrogens with one attached hydrogen (secondary N) is 1. The van der Waals surface area contributed by atoms with E-state index in [1.165, 1.54) is 29.7 Å². The lowest BCUT2D eigenvalue weighted by atomic mass is 10.0. The molecule has 2 atom stereocenters. The Hall–Kier alpha value is -1.86. The summed E-state index contributed by atoms with van der Waals surface area (Å²) in [7, 11) is 5.48. The predicted octanol–water partition coefficient (Wildman–Crippen LogP) is 2.22. The Morgan fingerprint density at radius 2 is 2.04 bits per heavy atom. The molecule has 1 saturated carbocycles. The summed E-state index contributed by atoms with van der Waals surface area (Å²) >= 11 is 5.64. The van der Waals surface area contributed by atoms with Crippen molar-refractivity contribution in [2.45, 2.75) is 44.3 Å². The maximum Gasteiger partial charge on any atom is 0.202 e. The highest BCUT2D eigenvalue weighted by molar-refractivity contribution is 7.71. The smallest absolute Gasteiger partial charge is 0.202 e. The molecule has 4 rings (SSSR count). The lowest BCUT2D eigenvalue weighted by Gasteiger charge is -2.23. The van der Waals surface area contributed by atoms with Crippen molar-refractivity contribution >= 4 is 12.2 Å². The Morgan fingerprint density at radius 3 is 2.73 bits per heavy atom. The fourth-order valence-corrected chi connectivity index (χ4v) is 4.28. The summed E-state index contributed by atoms with van der Waals surface area (Å²) in [6.07, 6.45) is 4.80. The average molecular weight is 376 g/mol. The van der Waals surface area contributed by atoms with E-state index in [4.69, 9.17) is 26.8 Å². The van der Waals surface area contributed by atoms with Gasteiger partial charge in [0.05, 0.1) is 26.3 Å². The molecule has 0 bridgehead atoms. The van der Waals surface area contributed by atoms with E-state index in [0.29, 0.717) is 12.0 Å². The van der Waals surface area contributed by atoms with Crippen molar-refractivity contribution in [3.05, 3.63) is 34.4 Å². The molecule has 140 valence electrons. The van der Waals surface area contributed by atoms with Crippen molar-refractivity contribution in [1.29, 1.82) is 0 Å². The number of benzene rings is 1. The highest BCUT2D eigenvalue weighted by atomic mass is 32.1. The molecule has 1 aliphatic carbocycles. The summed E-state index contributed by atoms with van der Waals surface area (Å²) in [6.45, 7) is 1.91. The van der Waals surface area contributed by atoms with Gasteiger partial charge in [-0.15, -0.1) is 0 Å². The summed E-state index contributed by atoms with van der Waals surface area (Å²) in [5, 5.41) is 4.84. The van der Waals surface area contributed by atoms with Gasteiger partial charge < -0.3 is 18.9 Å². The van der Waals surface area contributed by atoms with Crippen LogP contribution in [0.5, 0.6) is 11.5 Å². The van der Waals surface area contributed by atoms with Crippen molar-refractivity contribution in [1.82, 2.24) is 14.3 Å². The van der Waals surface area contributed by atoms with Crippen LogP contribution in [0.4, 0.5) is 0 Å². The van der Waals surface area contributed by atoms with Crippen LogP contribution in [0.15, 0.2) is 18.2 Å². The van der Waals surface area contributed by atoms with E-state index in [-0.39, 0.29) is 0 Å². The van der Waals surface area contributed by atoms with Crippen molar-refractivity contribution in [3.8, 4) is 11.5 Å². The fourth-order valence-electron chi connectivity index (χ4n) is 4.09. The topological polar surface area (TPSA) is 45.6 Å². The van der Waals surface area contributed by atoms with Gasteiger partial charge in [0.1, 0.15) is 23.4 Å². The van der Waals surface area contributed by atoms with Crippen LogP contribution in [0.2, 0.25) is 0 Å². The number of likely N-dealkylation sites (tertiary alicyclic amines) is 1. The average Bonchev–Trinajstić information content (AvgIpc) is 3.34. The number of methoxy groups -OCH3 is 2. The Kier molecular flexibility index (Phi) is 4.75. The lowest BCUT2D eigenvalue weighted by Crippen LogP contribution is -3.09. The van der Waals surface area contributed by atoms with Gasteiger partial charge in [0.15, 0.2) is 6.67 Å². The first-order valence-corrected chi connectivity index (χ1v) is 9.73. The largest absolute Gasteiger partial charge is 0.497 e. The number of aromatic nitrogens is 3. The van der Waals surface area contributed by atoms with Gasteiger partial charge >= 0.3 is 0 Å². The van der Waals surface area contributed by atoms with Gasteiger partial charge in [-0.1, -0.05) is 0 Å². The highest BCUT2D eigenvalue weighted by Crippen LogP contribution is 2.38. The molecule has 2 heterocycles. The van der Waals surface area contributed by atoms with Crippen LogP contribution in [-0.2, 0) is 13.7 Å². The van der Waals surface area contributed by atoms with E-state index in [1.807, 2.05) is 23.9 Å². The minimum atomic E-state index is 0.369. The van der Waals surface area contributed by atoms with Crippen molar-refractivity contribution < 1.29 is 14.4 Å². The van der Waals surface area contributed by atoms with Crippen LogP contribution in [0, 0.1) is 4.77 Å². The number of quaternary nitrogens is 1. The Bertz CT molecular complexity index is 856. The number of rotatable bonds is 6. The first kappa shape index (κ1) is 17.5. The first-order valence-electron chi connectivity index (χ1n) is 9.32. The Morgan fingerprint density at radius 1 is 1.23 bits per heavy atom. The van der Waals surface area contributed by atoms with Gasteiger partial charge in [-0.2, -0.15) is 9.78 Å². The Balaban J connectivity index is 1.62. The third-order valence-electron chi connectivity index (χ3n) is 5.67. The van der Waals surface area contributed by atoms with E-state index in [9.17, 15) is 0 Å². The summed E-state index contributed by atoms with van der Waals surface area (Å²) in [5.41, 5.74) is 1.21. The maximum absolute atomic E-state index is 5.64. The number of hydrogen-bond donors (Lipinski definition) is 1. The van der Waals surface area contributed by atoms with Gasteiger partial charge in [0.25, 0.3) is 0 Å².